The average molecular weight is 444 g/mol. The standard InChI is InChI=1S/C25H37N3O4/c1-2-31-25(30)28-16-10-20(11-17-28)26-18-12-21(13-19-26)32-23-9-5-4-8-22(23)24(29)27-14-6-3-7-15-27/h4-5,8-9,20-21H,2-3,6-7,10-19H2,1H3. The Bertz CT molecular complexity index is 764. The lowest BCUT2D eigenvalue weighted by Gasteiger charge is -2.41. The molecule has 0 atom stereocenters. The smallest absolute Gasteiger partial charge is 0.409 e. The normalized spacial score (nSPS) is 21.4. The zero-order valence-electron chi connectivity index (χ0n) is 19.3. The Morgan fingerprint density at radius 1 is 0.875 bits per heavy atom. The predicted octanol–water partition coefficient (Wildman–Crippen LogP) is 3.78. The van der Waals surface area contributed by atoms with E-state index in [9.17, 15) is 9.59 Å². The van der Waals surface area contributed by atoms with Crippen LogP contribution < -0.4 is 4.74 Å². The molecule has 1 aromatic rings. The number of carbonyl (C=O) groups excluding carboxylic acids is 2. The predicted molar refractivity (Wildman–Crippen MR) is 123 cm³/mol. The van der Waals surface area contributed by atoms with Gasteiger partial charge < -0.3 is 19.3 Å². The molecule has 3 heterocycles. The van der Waals surface area contributed by atoms with Crippen LogP contribution in [0.4, 0.5) is 4.79 Å². The first kappa shape index (κ1) is 22.9. The molecule has 0 unspecified atom stereocenters. The van der Waals surface area contributed by atoms with Gasteiger partial charge in [-0.05, 0) is 64.0 Å². The van der Waals surface area contributed by atoms with Gasteiger partial charge in [-0.2, -0.15) is 0 Å². The number of benzene rings is 1. The van der Waals surface area contributed by atoms with Gasteiger partial charge in [-0.15, -0.1) is 0 Å². The fourth-order valence-electron chi connectivity index (χ4n) is 5.18. The van der Waals surface area contributed by atoms with Crippen molar-refractivity contribution in [2.75, 3.05) is 45.9 Å². The van der Waals surface area contributed by atoms with Crippen LogP contribution in [0, 0.1) is 0 Å². The minimum Gasteiger partial charge on any atom is -0.489 e. The van der Waals surface area contributed by atoms with Crippen molar-refractivity contribution in [1.29, 1.82) is 0 Å². The molecule has 3 saturated heterocycles. The molecule has 1 aromatic carbocycles. The van der Waals surface area contributed by atoms with Crippen molar-refractivity contribution in [2.24, 2.45) is 0 Å². The molecule has 176 valence electrons. The molecule has 0 aliphatic carbocycles. The van der Waals surface area contributed by atoms with Crippen molar-refractivity contribution in [3.63, 3.8) is 0 Å². The topological polar surface area (TPSA) is 62.3 Å². The molecule has 0 radical (unpaired) electrons. The second kappa shape index (κ2) is 11.0. The Morgan fingerprint density at radius 3 is 2.25 bits per heavy atom. The Kier molecular flexibility index (Phi) is 7.90. The van der Waals surface area contributed by atoms with Gasteiger partial charge in [0.05, 0.1) is 12.2 Å². The van der Waals surface area contributed by atoms with Gasteiger partial charge in [-0.3, -0.25) is 9.69 Å². The number of para-hydroxylation sites is 1. The number of rotatable bonds is 5. The highest BCUT2D eigenvalue weighted by atomic mass is 16.6. The van der Waals surface area contributed by atoms with Gasteiger partial charge in [0.15, 0.2) is 0 Å². The van der Waals surface area contributed by atoms with E-state index in [4.69, 9.17) is 9.47 Å². The number of hydrogen-bond donors (Lipinski definition) is 0. The Hall–Kier alpha value is -2.28. The molecule has 0 bridgehead atoms. The first-order chi connectivity index (χ1) is 15.7. The number of ether oxygens (including phenoxy) is 2. The average Bonchev–Trinajstić information content (AvgIpc) is 2.85. The highest BCUT2D eigenvalue weighted by molar-refractivity contribution is 5.97. The van der Waals surface area contributed by atoms with Crippen LogP contribution >= 0.6 is 0 Å². The number of likely N-dealkylation sites (tertiary alicyclic amines) is 3. The lowest BCUT2D eigenvalue weighted by Crippen LogP contribution is -2.50. The first-order valence-corrected chi connectivity index (χ1v) is 12.4. The summed E-state index contributed by atoms with van der Waals surface area (Å²) in [5.41, 5.74) is 0.697. The Labute approximate surface area is 191 Å². The number of hydrogen-bond acceptors (Lipinski definition) is 5. The maximum Gasteiger partial charge on any atom is 0.409 e. The monoisotopic (exact) mass is 443 g/mol. The third kappa shape index (κ3) is 5.55. The van der Waals surface area contributed by atoms with Crippen LogP contribution in [-0.2, 0) is 4.74 Å². The van der Waals surface area contributed by atoms with Crippen LogP contribution in [0.3, 0.4) is 0 Å². The van der Waals surface area contributed by atoms with Crippen LogP contribution in [0.5, 0.6) is 5.75 Å². The molecule has 4 rings (SSSR count). The van der Waals surface area contributed by atoms with Crippen LogP contribution in [0.15, 0.2) is 24.3 Å². The molecule has 3 fully saturated rings. The van der Waals surface area contributed by atoms with Gasteiger partial charge >= 0.3 is 6.09 Å². The van der Waals surface area contributed by atoms with E-state index in [1.807, 2.05) is 41.0 Å². The highest BCUT2D eigenvalue weighted by Crippen LogP contribution is 2.27. The van der Waals surface area contributed by atoms with Gasteiger partial charge in [-0.25, -0.2) is 4.79 Å². The molecule has 32 heavy (non-hydrogen) atoms. The van der Waals surface area contributed by atoms with Crippen molar-refractivity contribution >= 4 is 12.0 Å². The molecule has 0 spiro atoms. The third-order valence-electron chi connectivity index (χ3n) is 7.04. The molecule has 2 amide bonds. The third-order valence-corrected chi connectivity index (χ3v) is 7.04. The van der Waals surface area contributed by atoms with E-state index in [-0.39, 0.29) is 18.1 Å². The maximum atomic E-state index is 13.0. The highest BCUT2D eigenvalue weighted by Gasteiger charge is 2.31. The summed E-state index contributed by atoms with van der Waals surface area (Å²) in [6.45, 7) is 7.50. The van der Waals surface area contributed by atoms with Crippen molar-refractivity contribution < 1.29 is 19.1 Å². The molecule has 0 saturated carbocycles. The summed E-state index contributed by atoms with van der Waals surface area (Å²) in [6.07, 6.45) is 7.26. The second-order valence-electron chi connectivity index (χ2n) is 9.12. The lowest BCUT2D eigenvalue weighted by molar-refractivity contribution is 0.0427. The largest absolute Gasteiger partial charge is 0.489 e. The summed E-state index contributed by atoms with van der Waals surface area (Å²) in [4.78, 5) is 31.3. The summed E-state index contributed by atoms with van der Waals surface area (Å²) in [7, 11) is 0. The lowest BCUT2D eigenvalue weighted by atomic mass is 9.99. The maximum absolute atomic E-state index is 13.0. The minimum atomic E-state index is -0.184. The summed E-state index contributed by atoms with van der Waals surface area (Å²) in [6, 6.07) is 8.24. The van der Waals surface area contributed by atoms with Gasteiger partial charge in [0.1, 0.15) is 11.9 Å². The molecule has 0 N–H and O–H groups in total. The number of piperidine rings is 3. The summed E-state index contributed by atoms with van der Waals surface area (Å²) in [5, 5.41) is 0. The van der Waals surface area contributed by atoms with E-state index in [0.717, 1.165) is 83.5 Å². The van der Waals surface area contributed by atoms with Crippen molar-refractivity contribution in [2.45, 2.75) is 64.0 Å². The molecule has 3 aliphatic rings. The molecular weight excluding hydrogens is 406 g/mol. The first-order valence-electron chi connectivity index (χ1n) is 12.4. The number of amides is 2. The summed E-state index contributed by atoms with van der Waals surface area (Å²) >= 11 is 0. The second-order valence-corrected chi connectivity index (χ2v) is 9.12. The van der Waals surface area contributed by atoms with Gasteiger partial charge in [0, 0.05) is 45.3 Å². The van der Waals surface area contributed by atoms with Gasteiger partial charge in [0.2, 0.25) is 0 Å². The zero-order valence-corrected chi connectivity index (χ0v) is 19.3. The Balaban J connectivity index is 1.27. The minimum absolute atomic E-state index is 0.103. The van der Waals surface area contributed by atoms with E-state index in [1.54, 1.807) is 0 Å². The molecule has 7 heteroatoms. The van der Waals surface area contributed by atoms with E-state index >= 15 is 0 Å². The quantitative estimate of drug-likeness (QED) is 0.693. The number of carbonyl (C=O) groups is 2. The molecule has 7 nitrogen and oxygen atoms in total. The Morgan fingerprint density at radius 2 is 1.56 bits per heavy atom. The van der Waals surface area contributed by atoms with E-state index in [2.05, 4.69) is 4.90 Å². The SMILES string of the molecule is CCOC(=O)N1CCC(N2CCC(Oc3ccccc3C(=O)N3CCCCC3)CC2)CC1. The van der Waals surface area contributed by atoms with Gasteiger partial charge in [0.25, 0.3) is 5.91 Å². The van der Waals surface area contributed by atoms with Crippen LogP contribution in [0.1, 0.15) is 62.2 Å². The van der Waals surface area contributed by atoms with Gasteiger partial charge in [-0.1, -0.05) is 12.1 Å². The van der Waals surface area contributed by atoms with Crippen molar-refractivity contribution in [3.05, 3.63) is 29.8 Å². The zero-order chi connectivity index (χ0) is 22.3. The number of nitrogens with zero attached hydrogens (tertiary/aromatic N) is 3. The molecule has 3 aliphatic heterocycles. The fourth-order valence-corrected chi connectivity index (χ4v) is 5.18. The van der Waals surface area contributed by atoms with Crippen LogP contribution in [0.2, 0.25) is 0 Å². The van der Waals surface area contributed by atoms with Crippen molar-refractivity contribution in [1.82, 2.24) is 14.7 Å². The van der Waals surface area contributed by atoms with E-state index in [1.165, 1.54) is 6.42 Å². The summed E-state index contributed by atoms with van der Waals surface area (Å²) in [5.74, 6) is 0.829. The van der Waals surface area contributed by atoms with Crippen molar-refractivity contribution in [3.8, 4) is 5.75 Å². The summed E-state index contributed by atoms with van der Waals surface area (Å²) < 4.78 is 11.5. The molecule has 0 aromatic heterocycles. The van der Waals surface area contributed by atoms with Crippen LogP contribution in [0.25, 0.3) is 0 Å². The van der Waals surface area contributed by atoms with Crippen LogP contribution in [-0.4, -0.2) is 84.7 Å². The van der Waals surface area contributed by atoms with E-state index in [0.29, 0.717) is 18.2 Å². The molecular formula is C25H37N3O4. The fraction of sp³-hybridized carbons (Fsp3) is 0.680. The van der Waals surface area contributed by atoms with E-state index < -0.39 is 0 Å².